The van der Waals surface area contributed by atoms with Crippen molar-refractivity contribution in [3.63, 3.8) is 0 Å². The first-order valence-electron chi connectivity index (χ1n) is 10.2. The van der Waals surface area contributed by atoms with E-state index in [4.69, 9.17) is 8.94 Å². The number of hydrogen-bond donors (Lipinski definition) is 2. The molecule has 8 nitrogen and oxygen atoms in total. The minimum Gasteiger partial charge on any atom is -0.461 e. The predicted molar refractivity (Wildman–Crippen MR) is 118 cm³/mol. The molecule has 2 aromatic heterocycles. The van der Waals surface area contributed by atoms with Crippen LogP contribution in [0.3, 0.4) is 0 Å². The molecule has 2 N–H and O–H groups in total. The minimum atomic E-state index is -0.263. The van der Waals surface area contributed by atoms with Crippen LogP contribution in [-0.4, -0.2) is 22.0 Å². The zero-order valence-corrected chi connectivity index (χ0v) is 17.5. The summed E-state index contributed by atoms with van der Waals surface area (Å²) in [5.41, 5.74) is 3.00. The zero-order chi connectivity index (χ0) is 22.3. The number of amides is 2. The average molecular weight is 430 g/mol. The van der Waals surface area contributed by atoms with Gasteiger partial charge in [0.2, 0.25) is 17.6 Å². The summed E-state index contributed by atoms with van der Waals surface area (Å²) in [5.74, 6) is 0.634. The van der Waals surface area contributed by atoms with E-state index in [-0.39, 0.29) is 24.7 Å². The van der Waals surface area contributed by atoms with Gasteiger partial charge in [0.05, 0.1) is 17.5 Å². The number of carbonyl (C=O) groups excluding carboxylic acids is 2. The Kier molecular flexibility index (Phi) is 6.41. The van der Waals surface area contributed by atoms with E-state index in [1.54, 1.807) is 36.4 Å². The van der Waals surface area contributed by atoms with Gasteiger partial charge in [-0.15, -0.1) is 0 Å². The summed E-state index contributed by atoms with van der Waals surface area (Å²) in [5, 5.41) is 9.53. The average Bonchev–Trinajstić information content (AvgIpc) is 3.49. The molecular weight excluding hydrogens is 408 g/mol. The van der Waals surface area contributed by atoms with E-state index in [2.05, 4.69) is 20.8 Å². The molecule has 0 saturated carbocycles. The molecule has 0 aliphatic carbocycles. The lowest BCUT2D eigenvalue weighted by atomic mass is 10.1. The number of para-hydroxylation sites is 1. The smallest absolute Gasteiger partial charge is 0.253 e. The Labute approximate surface area is 184 Å². The van der Waals surface area contributed by atoms with Gasteiger partial charge in [-0.25, -0.2) is 0 Å². The van der Waals surface area contributed by atoms with Gasteiger partial charge in [-0.3, -0.25) is 9.59 Å². The Bertz CT molecular complexity index is 1200. The highest BCUT2D eigenvalue weighted by atomic mass is 16.5. The van der Waals surface area contributed by atoms with Crippen molar-refractivity contribution in [1.82, 2.24) is 15.5 Å². The molecule has 2 heterocycles. The van der Waals surface area contributed by atoms with Gasteiger partial charge in [-0.2, -0.15) is 4.98 Å². The summed E-state index contributed by atoms with van der Waals surface area (Å²) in [7, 11) is 0. The van der Waals surface area contributed by atoms with Crippen molar-refractivity contribution in [2.45, 2.75) is 26.3 Å². The molecule has 0 saturated heterocycles. The number of aryl methyl sites for hydroxylation is 2. The first-order valence-corrected chi connectivity index (χ1v) is 10.2. The van der Waals surface area contributed by atoms with Gasteiger partial charge in [0, 0.05) is 19.4 Å². The quantitative estimate of drug-likeness (QED) is 0.435. The van der Waals surface area contributed by atoms with Gasteiger partial charge in [0.1, 0.15) is 0 Å². The fourth-order valence-electron chi connectivity index (χ4n) is 3.07. The lowest BCUT2D eigenvalue weighted by Gasteiger charge is -2.11. The number of anilines is 1. The molecular formula is C24H22N4O4. The number of aromatic nitrogens is 2. The van der Waals surface area contributed by atoms with E-state index in [1.807, 2.05) is 31.2 Å². The molecule has 0 bridgehead atoms. The van der Waals surface area contributed by atoms with Gasteiger partial charge < -0.3 is 19.6 Å². The third-order valence-electron chi connectivity index (χ3n) is 4.80. The molecule has 2 aromatic carbocycles. The molecule has 0 radical (unpaired) electrons. The second-order valence-corrected chi connectivity index (χ2v) is 7.25. The number of furan rings is 1. The molecule has 32 heavy (non-hydrogen) atoms. The highest BCUT2D eigenvalue weighted by Crippen LogP contribution is 2.18. The van der Waals surface area contributed by atoms with Crippen LogP contribution in [-0.2, 0) is 17.8 Å². The maximum absolute atomic E-state index is 12.7. The largest absolute Gasteiger partial charge is 0.461 e. The Morgan fingerprint density at radius 3 is 2.59 bits per heavy atom. The molecule has 162 valence electrons. The van der Waals surface area contributed by atoms with Crippen LogP contribution < -0.4 is 10.6 Å². The van der Waals surface area contributed by atoms with Crippen LogP contribution in [0.4, 0.5) is 5.69 Å². The van der Waals surface area contributed by atoms with Crippen LogP contribution >= 0.6 is 0 Å². The van der Waals surface area contributed by atoms with E-state index in [0.29, 0.717) is 35.3 Å². The van der Waals surface area contributed by atoms with Crippen LogP contribution in [0, 0.1) is 6.92 Å². The van der Waals surface area contributed by atoms with Gasteiger partial charge in [0.15, 0.2) is 5.76 Å². The van der Waals surface area contributed by atoms with Crippen LogP contribution in [0.25, 0.3) is 11.6 Å². The summed E-state index contributed by atoms with van der Waals surface area (Å²) >= 11 is 0. The van der Waals surface area contributed by atoms with E-state index in [9.17, 15) is 9.59 Å². The minimum absolute atomic E-state index is 0.124. The SMILES string of the molecule is Cc1ccc(CNC(=O)c2ccccc2NC(=O)CCc2nc(-c3ccco3)no2)cc1. The number of hydrogen-bond acceptors (Lipinski definition) is 6. The summed E-state index contributed by atoms with van der Waals surface area (Å²) in [6.45, 7) is 2.41. The van der Waals surface area contributed by atoms with Crippen molar-refractivity contribution in [3.05, 3.63) is 89.5 Å². The highest BCUT2D eigenvalue weighted by Gasteiger charge is 2.15. The van der Waals surface area contributed by atoms with Crippen LogP contribution in [0.15, 0.2) is 75.9 Å². The normalized spacial score (nSPS) is 10.7. The van der Waals surface area contributed by atoms with Crippen molar-refractivity contribution >= 4 is 17.5 Å². The topological polar surface area (TPSA) is 110 Å². The first kappa shape index (κ1) is 21.0. The Hall–Kier alpha value is -4.20. The van der Waals surface area contributed by atoms with Crippen molar-refractivity contribution < 1.29 is 18.5 Å². The Morgan fingerprint density at radius 2 is 1.81 bits per heavy atom. The maximum atomic E-state index is 12.7. The summed E-state index contributed by atoms with van der Waals surface area (Å²) in [6.07, 6.45) is 1.91. The zero-order valence-electron chi connectivity index (χ0n) is 17.5. The standard InChI is InChI=1S/C24H22N4O4/c1-16-8-10-17(11-9-16)15-25-24(30)18-5-2-3-6-19(18)26-21(29)12-13-22-27-23(28-32-22)20-7-4-14-31-20/h2-11,14H,12-13,15H2,1H3,(H,25,30)(H,26,29). The van der Waals surface area contributed by atoms with Gasteiger partial charge >= 0.3 is 0 Å². The van der Waals surface area contributed by atoms with E-state index >= 15 is 0 Å². The lowest BCUT2D eigenvalue weighted by molar-refractivity contribution is -0.116. The third kappa shape index (κ3) is 5.28. The molecule has 0 spiro atoms. The molecule has 4 aromatic rings. The molecule has 8 heteroatoms. The molecule has 0 aliphatic rings. The predicted octanol–water partition coefficient (Wildman–Crippen LogP) is 4.14. The van der Waals surface area contributed by atoms with E-state index in [1.165, 1.54) is 6.26 Å². The number of nitrogens with zero attached hydrogens (tertiary/aromatic N) is 2. The number of carbonyl (C=O) groups is 2. The van der Waals surface area contributed by atoms with Gasteiger partial charge in [0.25, 0.3) is 5.91 Å². The molecule has 0 aliphatic heterocycles. The second kappa shape index (κ2) is 9.74. The Balaban J connectivity index is 1.33. The first-order chi connectivity index (χ1) is 15.6. The second-order valence-electron chi connectivity index (χ2n) is 7.25. The Morgan fingerprint density at radius 1 is 1.00 bits per heavy atom. The number of benzene rings is 2. The van der Waals surface area contributed by atoms with Crippen molar-refractivity contribution in [2.24, 2.45) is 0 Å². The summed E-state index contributed by atoms with van der Waals surface area (Å²) in [4.78, 5) is 29.4. The van der Waals surface area contributed by atoms with Gasteiger partial charge in [-0.05, 0) is 36.8 Å². The fraction of sp³-hybridized carbons (Fsp3) is 0.167. The monoisotopic (exact) mass is 430 g/mol. The van der Waals surface area contributed by atoms with E-state index in [0.717, 1.165) is 11.1 Å². The van der Waals surface area contributed by atoms with Crippen LogP contribution in [0.1, 0.15) is 33.8 Å². The molecule has 0 unspecified atom stereocenters. The molecule has 0 atom stereocenters. The van der Waals surface area contributed by atoms with Crippen LogP contribution in [0.2, 0.25) is 0 Å². The number of nitrogens with one attached hydrogen (secondary N) is 2. The molecule has 0 fully saturated rings. The van der Waals surface area contributed by atoms with E-state index < -0.39 is 0 Å². The summed E-state index contributed by atoms with van der Waals surface area (Å²) in [6, 6.07) is 18.3. The van der Waals surface area contributed by atoms with Crippen LogP contribution in [0.5, 0.6) is 0 Å². The summed E-state index contributed by atoms with van der Waals surface area (Å²) < 4.78 is 10.4. The third-order valence-corrected chi connectivity index (χ3v) is 4.80. The van der Waals surface area contributed by atoms with Crippen molar-refractivity contribution in [1.29, 1.82) is 0 Å². The van der Waals surface area contributed by atoms with Crippen molar-refractivity contribution in [2.75, 3.05) is 5.32 Å². The van der Waals surface area contributed by atoms with Crippen molar-refractivity contribution in [3.8, 4) is 11.6 Å². The highest BCUT2D eigenvalue weighted by molar-refractivity contribution is 6.03. The molecule has 4 rings (SSSR count). The fourth-order valence-corrected chi connectivity index (χ4v) is 3.07. The molecule has 2 amide bonds. The number of rotatable bonds is 8. The maximum Gasteiger partial charge on any atom is 0.253 e. The van der Waals surface area contributed by atoms with Gasteiger partial charge in [-0.1, -0.05) is 47.1 Å². The lowest BCUT2D eigenvalue weighted by Crippen LogP contribution is -2.25.